The second kappa shape index (κ2) is 6.57. The number of methoxy groups -OCH3 is 1. The van der Waals surface area contributed by atoms with Gasteiger partial charge in [-0.25, -0.2) is 11.4 Å². The highest BCUT2D eigenvalue weighted by atomic mass is 16.6. The number of fused-ring (bicyclic) bond motifs is 1. The lowest BCUT2D eigenvalue weighted by atomic mass is 9.99. The average molecular weight is 317 g/mol. The van der Waals surface area contributed by atoms with Crippen LogP contribution in [0.2, 0.25) is 0 Å². The third-order valence-electron chi connectivity index (χ3n) is 3.03. The van der Waals surface area contributed by atoms with E-state index >= 15 is 0 Å². The lowest BCUT2D eigenvalue weighted by Crippen LogP contribution is -2.32. The Morgan fingerprint density at radius 2 is 2.26 bits per heavy atom. The number of rotatable bonds is 4. The molecular weight excluding hydrogens is 306 g/mol. The molecule has 0 fully saturated rings. The molecule has 1 N–H and O–H groups in total. The summed E-state index contributed by atoms with van der Waals surface area (Å²) >= 11 is 0. The van der Waals surface area contributed by atoms with Crippen LogP contribution in [0.4, 0.5) is 5.69 Å². The molecule has 1 aromatic carbocycles. The number of hydrogen-bond acceptors (Lipinski definition) is 6. The maximum Gasteiger partial charge on any atom is 0.340 e. The molecule has 0 atom stereocenters. The van der Waals surface area contributed by atoms with E-state index in [1.54, 1.807) is 0 Å². The van der Waals surface area contributed by atoms with Gasteiger partial charge in [-0.2, -0.15) is 0 Å². The molecule has 9 nitrogen and oxygen atoms in total. The van der Waals surface area contributed by atoms with Crippen LogP contribution in [-0.4, -0.2) is 37.1 Å². The minimum absolute atomic E-state index is 0.0317. The van der Waals surface area contributed by atoms with Crippen molar-refractivity contribution in [1.82, 2.24) is 5.32 Å². The van der Waals surface area contributed by atoms with Gasteiger partial charge < -0.3 is 19.6 Å². The van der Waals surface area contributed by atoms with Crippen LogP contribution in [0.3, 0.4) is 0 Å². The fourth-order valence-electron chi connectivity index (χ4n) is 2.11. The van der Waals surface area contributed by atoms with Crippen LogP contribution in [0.25, 0.3) is 10.4 Å². The standard InChI is InChI=1S/C14H11N3O6/c1-15-6-11(18)16-9-7-23-13-8(12(9)14(19)22-2)4-3-5-10(13)17(20)21/h3-5H,6-7H2,2H3,(H,16,18). The number of carbonyl (C=O) groups excluding carboxylic acids is 2. The summed E-state index contributed by atoms with van der Waals surface area (Å²) in [6.45, 7) is 5.99. The van der Waals surface area contributed by atoms with E-state index in [-0.39, 0.29) is 34.9 Å². The van der Waals surface area contributed by atoms with Crippen molar-refractivity contribution in [3.8, 4) is 5.75 Å². The predicted octanol–water partition coefficient (Wildman–Crippen LogP) is 0.907. The molecule has 0 aromatic heterocycles. The molecule has 0 unspecified atom stereocenters. The molecule has 1 aromatic rings. The minimum atomic E-state index is -0.770. The molecular formula is C14H11N3O6. The summed E-state index contributed by atoms with van der Waals surface area (Å²) in [4.78, 5) is 37.0. The molecule has 1 heterocycles. The second-order valence-corrected chi connectivity index (χ2v) is 4.41. The van der Waals surface area contributed by atoms with Crippen LogP contribution in [0.5, 0.6) is 5.75 Å². The van der Waals surface area contributed by atoms with E-state index in [0.717, 1.165) is 7.11 Å². The van der Waals surface area contributed by atoms with Gasteiger partial charge in [0.1, 0.15) is 6.61 Å². The van der Waals surface area contributed by atoms with Gasteiger partial charge in [0.2, 0.25) is 5.75 Å². The highest BCUT2D eigenvalue weighted by Gasteiger charge is 2.32. The molecule has 0 aliphatic carbocycles. The molecule has 0 saturated heterocycles. The maximum absolute atomic E-state index is 12.0. The fraction of sp³-hybridized carbons (Fsp3) is 0.214. The van der Waals surface area contributed by atoms with Gasteiger partial charge in [-0.15, -0.1) is 0 Å². The largest absolute Gasteiger partial charge is 0.480 e. The first-order valence-electron chi connectivity index (χ1n) is 6.34. The van der Waals surface area contributed by atoms with Crippen molar-refractivity contribution in [3.63, 3.8) is 0 Å². The predicted molar refractivity (Wildman–Crippen MR) is 77.1 cm³/mol. The first-order valence-corrected chi connectivity index (χ1v) is 6.34. The normalized spacial score (nSPS) is 12.5. The zero-order chi connectivity index (χ0) is 17.0. The number of nitro benzene ring substituents is 1. The zero-order valence-electron chi connectivity index (χ0n) is 12.0. The molecule has 9 heteroatoms. The number of amides is 1. The van der Waals surface area contributed by atoms with Gasteiger partial charge in [-0.3, -0.25) is 14.9 Å². The SMILES string of the molecule is [C-]#[N+]CC(=O)NC1=C(C(=O)OC)c2cccc([N+](=O)[O-])c2OC1. The Labute approximate surface area is 130 Å². The van der Waals surface area contributed by atoms with Gasteiger partial charge in [0.25, 0.3) is 6.54 Å². The van der Waals surface area contributed by atoms with Gasteiger partial charge >= 0.3 is 17.6 Å². The lowest BCUT2D eigenvalue weighted by molar-refractivity contribution is -0.385. The van der Waals surface area contributed by atoms with Gasteiger partial charge in [-0.1, -0.05) is 6.07 Å². The number of nitrogens with one attached hydrogen (secondary N) is 1. The summed E-state index contributed by atoms with van der Waals surface area (Å²) in [5.74, 6) is -1.46. The van der Waals surface area contributed by atoms with Crippen molar-refractivity contribution in [3.05, 3.63) is 51.0 Å². The number of para-hydroxylation sites is 1. The molecule has 0 spiro atoms. The molecule has 0 bridgehead atoms. The number of hydrogen-bond donors (Lipinski definition) is 1. The third kappa shape index (κ3) is 3.11. The summed E-state index contributed by atoms with van der Waals surface area (Å²) in [6.07, 6.45) is 0. The smallest absolute Gasteiger partial charge is 0.340 e. The Morgan fingerprint density at radius 1 is 1.52 bits per heavy atom. The molecule has 0 radical (unpaired) electrons. The van der Waals surface area contributed by atoms with Crippen molar-refractivity contribution in [2.24, 2.45) is 0 Å². The molecule has 23 heavy (non-hydrogen) atoms. The summed E-state index contributed by atoms with van der Waals surface area (Å²) in [5.41, 5.74) is -0.0832. The van der Waals surface area contributed by atoms with Crippen molar-refractivity contribution >= 4 is 23.1 Å². The maximum atomic E-state index is 12.0. The topological polar surface area (TPSA) is 112 Å². The number of ether oxygens (including phenoxy) is 2. The molecule has 2 rings (SSSR count). The van der Waals surface area contributed by atoms with Crippen molar-refractivity contribution in [2.75, 3.05) is 20.3 Å². The Morgan fingerprint density at radius 3 is 2.87 bits per heavy atom. The van der Waals surface area contributed by atoms with E-state index in [1.807, 2.05) is 0 Å². The summed E-state index contributed by atoms with van der Waals surface area (Å²) in [5, 5.41) is 13.5. The van der Waals surface area contributed by atoms with Gasteiger partial charge in [0.05, 0.1) is 23.3 Å². The summed E-state index contributed by atoms with van der Waals surface area (Å²) in [7, 11) is 1.15. The average Bonchev–Trinajstić information content (AvgIpc) is 2.53. The van der Waals surface area contributed by atoms with Gasteiger partial charge in [0.15, 0.2) is 0 Å². The van der Waals surface area contributed by atoms with Crippen LogP contribution in [0.15, 0.2) is 23.9 Å². The molecule has 1 aliphatic heterocycles. The first-order chi connectivity index (χ1) is 11.0. The van der Waals surface area contributed by atoms with Crippen LogP contribution in [0, 0.1) is 16.7 Å². The highest BCUT2D eigenvalue weighted by Crippen LogP contribution is 2.39. The van der Waals surface area contributed by atoms with Gasteiger partial charge in [0, 0.05) is 11.6 Å². The van der Waals surface area contributed by atoms with E-state index in [1.165, 1.54) is 18.2 Å². The van der Waals surface area contributed by atoms with Crippen molar-refractivity contribution < 1.29 is 24.0 Å². The molecule has 0 saturated carbocycles. The number of carbonyl (C=O) groups is 2. The van der Waals surface area contributed by atoms with E-state index in [2.05, 4.69) is 14.9 Å². The highest BCUT2D eigenvalue weighted by molar-refractivity contribution is 6.19. The van der Waals surface area contributed by atoms with E-state index in [9.17, 15) is 19.7 Å². The Balaban J connectivity index is 2.57. The van der Waals surface area contributed by atoms with E-state index in [4.69, 9.17) is 11.3 Å². The monoisotopic (exact) mass is 317 g/mol. The third-order valence-corrected chi connectivity index (χ3v) is 3.03. The molecule has 118 valence electrons. The Kier molecular flexibility index (Phi) is 4.56. The summed E-state index contributed by atoms with van der Waals surface area (Å²) in [6, 6.07) is 4.10. The second-order valence-electron chi connectivity index (χ2n) is 4.41. The van der Waals surface area contributed by atoms with Crippen molar-refractivity contribution in [1.29, 1.82) is 0 Å². The van der Waals surface area contributed by atoms with Gasteiger partial charge in [-0.05, 0) is 6.07 Å². The van der Waals surface area contributed by atoms with Crippen LogP contribution < -0.4 is 10.1 Å². The lowest BCUT2D eigenvalue weighted by Gasteiger charge is -2.22. The van der Waals surface area contributed by atoms with E-state index in [0.29, 0.717) is 0 Å². The fourth-order valence-corrected chi connectivity index (χ4v) is 2.11. The van der Waals surface area contributed by atoms with Crippen LogP contribution in [-0.2, 0) is 14.3 Å². The molecule has 1 aliphatic rings. The number of esters is 1. The van der Waals surface area contributed by atoms with Crippen LogP contribution in [0.1, 0.15) is 5.56 Å². The Bertz CT molecular complexity index is 762. The van der Waals surface area contributed by atoms with Crippen molar-refractivity contribution in [2.45, 2.75) is 0 Å². The van der Waals surface area contributed by atoms with E-state index < -0.39 is 23.3 Å². The number of nitro groups is 1. The first kappa shape index (κ1) is 16.0. The van der Waals surface area contributed by atoms with Crippen LogP contribution >= 0.6 is 0 Å². The minimum Gasteiger partial charge on any atom is -0.480 e. The number of benzene rings is 1. The zero-order valence-corrected chi connectivity index (χ0v) is 12.0. The molecule has 1 amide bonds. The summed E-state index contributed by atoms with van der Waals surface area (Å²) < 4.78 is 10.0. The quantitative estimate of drug-likeness (QED) is 0.382. The number of nitrogens with zero attached hydrogens (tertiary/aromatic N) is 2. The Hall–Kier alpha value is -3.41.